The number of hydrogen-bond donors (Lipinski definition) is 1. The number of fused-ring (bicyclic) bond motifs is 1. The van der Waals surface area contributed by atoms with Crippen LogP contribution in [0, 0.1) is 11.3 Å². The van der Waals surface area contributed by atoms with E-state index in [4.69, 9.17) is 4.74 Å². The maximum absolute atomic E-state index is 9.41. The number of aromatic nitrogens is 3. The summed E-state index contributed by atoms with van der Waals surface area (Å²) >= 11 is 0. The number of nitrogens with zero attached hydrogens (tertiary/aromatic N) is 5. The average molecular weight is 310 g/mol. The smallest absolute Gasteiger partial charge is 0.205 e. The number of rotatable bonds is 4. The van der Waals surface area contributed by atoms with Gasteiger partial charge in [-0.2, -0.15) is 10.4 Å². The minimum Gasteiger partial charge on any atom is -0.497 e. The number of nitriles is 1. The van der Waals surface area contributed by atoms with Crippen LogP contribution in [-0.2, 0) is 13.0 Å². The maximum atomic E-state index is 9.41. The third-order valence-electron chi connectivity index (χ3n) is 3.81. The van der Waals surface area contributed by atoms with Crippen molar-refractivity contribution in [2.75, 3.05) is 12.5 Å². The predicted octanol–water partition coefficient (Wildman–Crippen LogP) is 2.35. The number of methoxy groups -OCH3 is 1. The fourth-order valence-corrected chi connectivity index (χ4v) is 2.57. The van der Waals surface area contributed by atoms with Gasteiger partial charge in [-0.25, -0.2) is 0 Å². The van der Waals surface area contributed by atoms with Crippen LogP contribution in [0.25, 0.3) is 0 Å². The van der Waals surface area contributed by atoms with Crippen molar-refractivity contribution in [3.8, 4) is 11.8 Å². The molecule has 0 amide bonds. The monoisotopic (exact) mass is 310 g/mol. The Morgan fingerprint density at radius 3 is 2.83 bits per heavy atom. The van der Waals surface area contributed by atoms with E-state index in [2.05, 4.69) is 26.8 Å². The Labute approximate surface area is 134 Å². The van der Waals surface area contributed by atoms with Gasteiger partial charge in [-0.05, 0) is 37.1 Å². The Kier molecular flexibility index (Phi) is 4.52. The summed E-state index contributed by atoms with van der Waals surface area (Å²) in [6.07, 6.45) is 4.26. The topological polar surface area (TPSA) is 88.1 Å². The van der Waals surface area contributed by atoms with Crippen molar-refractivity contribution in [3.63, 3.8) is 0 Å². The van der Waals surface area contributed by atoms with Crippen molar-refractivity contribution in [2.24, 2.45) is 5.10 Å². The molecule has 2 heterocycles. The molecule has 0 saturated carbocycles. The first-order valence-corrected chi connectivity index (χ1v) is 7.62. The van der Waals surface area contributed by atoms with Crippen LogP contribution in [0.3, 0.4) is 0 Å². The molecule has 3 rings (SSSR count). The van der Waals surface area contributed by atoms with E-state index < -0.39 is 0 Å². The molecule has 1 aliphatic rings. The van der Waals surface area contributed by atoms with Crippen LogP contribution in [0.1, 0.15) is 30.9 Å². The van der Waals surface area contributed by atoms with Gasteiger partial charge in [0, 0.05) is 13.0 Å². The standard InChI is InChI=1S/C16H18N6O/c1-23-13-8-6-12(7-9-13)18-19-14(11-17)16-21-20-15-5-3-2-4-10-22(15)16/h6-9,18H,2-5,10H2,1H3/b19-14-. The van der Waals surface area contributed by atoms with Crippen molar-refractivity contribution in [3.05, 3.63) is 35.9 Å². The molecule has 1 aromatic heterocycles. The summed E-state index contributed by atoms with van der Waals surface area (Å²) in [7, 11) is 1.62. The lowest BCUT2D eigenvalue weighted by Crippen LogP contribution is -2.12. The van der Waals surface area contributed by atoms with Crippen molar-refractivity contribution < 1.29 is 4.74 Å². The van der Waals surface area contributed by atoms with Crippen LogP contribution in [0.4, 0.5) is 5.69 Å². The normalized spacial score (nSPS) is 14.5. The zero-order valence-corrected chi connectivity index (χ0v) is 13.0. The molecule has 1 N–H and O–H groups in total. The molecule has 7 heteroatoms. The molecule has 0 radical (unpaired) electrons. The Morgan fingerprint density at radius 1 is 1.26 bits per heavy atom. The largest absolute Gasteiger partial charge is 0.497 e. The molecule has 118 valence electrons. The molecule has 0 bridgehead atoms. The summed E-state index contributed by atoms with van der Waals surface area (Å²) in [5.41, 5.74) is 3.90. The number of benzene rings is 1. The third kappa shape index (κ3) is 3.31. The quantitative estimate of drug-likeness (QED) is 0.692. The summed E-state index contributed by atoms with van der Waals surface area (Å²) < 4.78 is 7.12. The fourth-order valence-electron chi connectivity index (χ4n) is 2.57. The van der Waals surface area contributed by atoms with Crippen molar-refractivity contribution in [2.45, 2.75) is 32.2 Å². The number of anilines is 1. The molecule has 0 aliphatic carbocycles. The SMILES string of the molecule is COc1ccc(N/N=C(/C#N)c2nnc3n2CCCCC3)cc1. The van der Waals surface area contributed by atoms with Crippen LogP contribution in [0.5, 0.6) is 5.75 Å². The summed E-state index contributed by atoms with van der Waals surface area (Å²) in [6.45, 7) is 0.834. The third-order valence-corrected chi connectivity index (χ3v) is 3.81. The van der Waals surface area contributed by atoms with E-state index in [1.165, 1.54) is 6.42 Å². The maximum Gasteiger partial charge on any atom is 0.205 e. The number of nitrogens with one attached hydrogen (secondary N) is 1. The molecular formula is C16H18N6O. The van der Waals surface area contributed by atoms with Gasteiger partial charge in [0.2, 0.25) is 5.71 Å². The Balaban J connectivity index is 1.82. The number of aryl methyl sites for hydroxylation is 1. The molecule has 23 heavy (non-hydrogen) atoms. The van der Waals surface area contributed by atoms with Crippen LogP contribution >= 0.6 is 0 Å². The van der Waals surface area contributed by atoms with Crippen molar-refractivity contribution in [1.29, 1.82) is 5.26 Å². The van der Waals surface area contributed by atoms with Gasteiger partial charge in [0.05, 0.1) is 12.8 Å². The molecule has 1 aliphatic heterocycles. The van der Waals surface area contributed by atoms with Gasteiger partial charge in [-0.15, -0.1) is 10.2 Å². The van der Waals surface area contributed by atoms with Gasteiger partial charge in [0.15, 0.2) is 5.82 Å². The van der Waals surface area contributed by atoms with Gasteiger partial charge in [0.25, 0.3) is 0 Å². The van der Waals surface area contributed by atoms with Crippen LogP contribution < -0.4 is 10.2 Å². The van der Waals surface area contributed by atoms with Gasteiger partial charge in [-0.1, -0.05) is 6.42 Å². The number of hydrogen-bond acceptors (Lipinski definition) is 6. The molecule has 0 saturated heterocycles. The lowest BCUT2D eigenvalue weighted by atomic mass is 10.2. The van der Waals surface area contributed by atoms with Crippen LogP contribution in [-0.4, -0.2) is 27.6 Å². The zero-order chi connectivity index (χ0) is 16.1. The average Bonchev–Trinajstić information content (AvgIpc) is 2.84. The van der Waals surface area contributed by atoms with Gasteiger partial charge in [-0.3, -0.25) is 5.43 Å². The molecule has 1 aromatic carbocycles. The first kappa shape index (κ1) is 15.0. The first-order chi connectivity index (χ1) is 11.3. The molecule has 0 atom stereocenters. The van der Waals surface area contributed by atoms with E-state index in [9.17, 15) is 5.26 Å². The minimum absolute atomic E-state index is 0.237. The van der Waals surface area contributed by atoms with E-state index in [-0.39, 0.29) is 5.71 Å². The molecular weight excluding hydrogens is 292 g/mol. The van der Waals surface area contributed by atoms with E-state index in [1.807, 2.05) is 28.8 Å². The highest BCUT2D eigenvalue weighted by molar-refractivity contribution is 6.09. The van der Waals surface area contributed by atoms with Crippen LogP contribution in [0.2, 0.25) is 0 Å². The Morgan fingerprint density at radius 2 is 2.09 bits per heavy atom. The van der Waals surface area contributed by atoms with Gasteiger partial charge < -0.3 is 9.30 Å². The van der Waals surface area contributed by atoms with E-state index in [0.29, 0.717) is 5.82 Å². The highest BCUT2D eigenvalue weighted by Gasteiger charge is 2.18. The highest BCUT2D eigenvalue weighted by Crippen LogP contribution is 2.17. The summed E-state index contributed by atoms with van der Waals surface area (Å²) in [4.78, 5) is 0. The lowest BCUT2D eigenvalue weighted by Gasteiger charge is -2.06. The Hall–Kier alpha value is -2.88. The number of hydrazone groups is 1. The van der Waals surface area contributed by atoms with E-state index >= 15 is 0 Å². The summed E-state index contributed by atoms with van der Waals surface area (Å²) in [6, 6.07) is 9.43. The van der Waals surface area contributed by atoms with Gasteiger partial charge in [0.1, 0.15) is 17.6 Å². The second-order valence-electron chi connectivity index (χ2n) is 5.31. The minimum atomic E-state index is 0.237. The van der Waals surface area contributed by atoms with E-state index in [0.717, 1.165) is 43.1 Å². The number of ether oxygens (including phenoxy) is 1. The molecule has 0 unspecified atom stereocenters. The molecule has 0 spiro atoms. The summed E-state index contributed by atoms with van der Waals surface area (Å²) in [5.74, 6) is 2.23. The molecule has 7 nitrogen and oxygen atoms in total. The second-order valence-corrected chi connectivity index (χ2v) is 5.31. The molecule has 0 fully saturated rings. The highest BCUT2D eigenvalue weighted by atomic mass is 16.5. The second kappa shape index (κ2) is 6.92. The van der Waals surface area contributed by atoms with Crippen molar-refractivity contribution >= 4 is 11.4 Å². The molecule has 2 aromatic rings. The summed E-state index contributed by atoms with van der Waals surface area (Å²) in [5, 5.41) is 21.9. The van der Waals surface area contributed by atoms with E-state index in [1.54, 1.807) is 7.11 Å². The lowest BCUT2D eigenvalue weighted by molar-refractivity contribution is 0.415. The Bertz CT molecular complexity index is 741. The van der Waals surface area contributed by atoms with Crippen LogP contribution in [0.15, 0.2) is 29.4 Å². The first-order valence-electron chi connectivity index (χ1n) is 7.62. The van der Waals surface area contributed by atoms with Gasteiger partial charge >= 0.3 is 0 Å². The predicted molar refractivity (Wildman–Crippen MR) is 86.3 cm³/mol. The van der Waals surface area contributed by atoms with Crippen molar-refractivity contribution in [1.82, 2.24) is 14.8 Å². The zero-order valence-electron chi connectivity index (χ0n) is 13.0. The fraction of sp³-hybridized carbons (Fsp3) is 0.375.